The lowest BCUT2D eigenvalue weighted by Gasteiger charge is -2.12. The van der Waals surface area contributed by atoms with Gasteiger partial charge in [-0.15, -0.1) is 0 Å². The van der Waals surface area contributed by atoms with Gasteiger partial charge < -0.3 is 10.5 Å². The molecular formula is C14H14N2O. The van der Waals surface area contributed by atoms with Crippen LogP contribution in [0.2, 0.25) is 0 Å². The molecule has 0 amide bonds. The van der Waals surface area contributed by atoms with Gasteiger partial charge in [-0.2, -0.15) is 5.26 Å². The second-order valence-electron chi connectivity index (χ2n) is 3.91. The van der Waals surface area contributed by atoms with E-state index in [1.807, 2.05) is 48.5 Å². The summed E-state index contributed by atoms with van der Waals surface area (Å²) in [5.74, 6) is 0.816. The maximum absolute atomic E-state index is 8.52. The predicted octanol–water partition coefficient (Wildman–Crippen LogP) is 2.46. The zero-order valence-corrected chi connectivity index (χ0v) is 9.47. The lowest BCUT2D eigenvalue weighted by atomic mass is 10.1. The second kappa shape index (κ2) is 5.33. The molecule has 0 fully saturated rings. The smallest absolute Gasteiger partial charge is 0.127 e. The van der Waals surface area contributed by atoms with Crippen molar-refractivity contribution in [2.75, 3.05) is 6.61 Å². The van der Waals surface area contributed by atoms with Crippen molar-refractivity contribution in [3.8, 4) is 11.8 Å². The molecule has 0 aromatic heterocycles. The second-order valence-corrected chi connectivity index (χ2v) is 3.91. The molecule has 1 atom stereocenters. The molecule has 17 heavy (non-hydrogen) atoms. The Morgan fingerprint density at radius 1 is 1.18 bits per heavy atom. The first-order valence-corrected chi connectivity index (χ1v) is 5.54. The number of rotatable bonds is 4. The van der Waals surface area contributed by atoms with Crippen molar-refractivity contribution in [3.63, 3.8) is 0 Å². The zero-order chi connectivity index (χ0) is 12.1. The van der Waals surface area contributed by atoms with Crippen molar-refractivity contribution in [1.29, 1.82) is 5.26 Å². The lowest BCUT2D eigenvalue weighted by Crippen LogP contribution is -2.27. The van der Waals surface area contributed by atoms with Crippen LogP contribution in [0.1, 0.15) is 6.42 Å². The summed E-state index contributed by atoms with van der Waals surface area (Å²) in [6, 6.07) is 15.7. The molecule has 0 saturated heterocycles. The van der Waals surface area contributed by atoms with Gasteiger partial charge in [0.15, 0.2) is 0 Å². The number of benzene rings is 2. The van der Waals surface area contributed by atoms with E-state index in [-0.39, 0.29) is 6.04 Å². The number of hydrogen-bond acceptors (Lipinski definition) is 3. The van der Waals surface area contributed by atoms with E-state index in [0.717, 1.165) is 16.5 Å². The molecule has 0 heterocycles. The van der Waals surface area contributed by atoms with E-state index in [1.54, 1.807) is 0 Å². The molecule has 0 radical (unpaired) electrons. The molecule has 0 saturated carbocycles. The molecule has 3 nitrogen and oxygen atoms in total. The summed E-state index contributed by atoms with van der Waals surface area (Å²) >= 11 is 0. The molecule has 1 unspecified atom stereocenters. The summed E-state index contributed by atoms with van der Waals surface area (Å²) in [4.78, 5) is 0. The highest BCUT2D eigenvalue weighted by atomic mass is 16.5. The minimum absolute atomic E-state index is 0.237. The first kappa shape index (κ1) is 11.4. The van der Waals surface area contributed by atoms with Gasteiger partial charge in [0.1, 0.15) is 12.4 Å². The van der Waals surface area contributed by atoms with Gasteiger partial charge >= 0.3 is 0 Å². The fraction of sp³-hybridized carbons (Fsp3) is 0.214. The van der Waals surface area contributed by atoms with E-state index >= 15 is 0 Å². The fourth-order valence-electron chi connectivity index (χ4n) is 1.69. The van der Waals surface area contributed by atoms with Gasteiger partial charge in [0.25, 0.3) is 0 Å². The highest BCUT2D eigenvalue weighted by Gasteiger charge is 2.05. The van der Waals surface area contributed by atoms with E-state index in [2.05, 4.69) is 0 Å². The molecule has 0 aliphatic heterocycles. The normalized spacial score (nSPS) is 12.0. The summed E-state index contributed by atoms with van der Waals surface area (Å²) < 4.78 is 5.66. The van der Waals surface area contributed by atoms with Crippen LogP contribution < -0.4 is 10.5 Å². The molecule has 2 rings (SSSR count). The van der Waals surface area contributed by atoms with Crippen molar-refractivity contribution in [1.82, 2.24) is 0 Å². The molecule has 2 aromatic carbocycles. The predicted molar refractivity (Wildman–Crippen MR) is 67.6 cm³/mol. The minimum Gasteiger partial charge on any atom is -0.491 e. The van der Waals surface area contributed by atoms with Crippen LogP contribution in [0.4, 0.5) is 0 Å². The maximum atomic E-state index is 8.52. The highest BCUT2D eigenvalue weighted by molar-refractivity contribution is 5.88. The molecule has 0 aliphatic rings. The van der Waals surface area contributed by atoms with E-state index in [1.165, 1.54) is 0 Å². The SMILES string of the molecule is N#CCC(N)COc1cccc2ccccc12. The summed E-state index contributed by atoms with van der Waals surface area (Å²) in [6.45, 7) is 0.363. The van der Waals surface area contributed by atoms with Crippen molar-refractivity contribution in [3.05, 3.63) is 42.5 Å². The number of ether oxygens (including phenoxy) is 1. The van der Waals surface area contributed by atoms with Crippen LogP contribution in [0.15, 0.2) is 42.5 Å². The van der Waals surface area contributed by atoms with Crippen molar-refractivity contribution in [2.45, 2.75) is 12.5 Å². The van der Waals surface area contributed by atoms with Gasteiger partial charge in [-0.3, -0.25) is 0 Å². The summed E-state index contributed by atoms with van der Waals surface area (Å²) in [6.07, 6.45) is 0.310. The Kier molecular flexibility index (Phi) is 3.59. The van der Waals surface area contributed by atoms with Crippen LogP contribution in [0.5, 0.6) is 5.75 Å². The van der Waals surface area contributed by atoms with Crippen LogP contribution in [0.3, 0.4) is 0 Å². The van der Waals surface area contributed by atoms with Crippen LogP contribution >= 0.6 is 0 Å². The third kappa shape index (κ3) is 2.74. The van der Waals surface area contributed by atoms with Gasteiger partial charge in [0.2, 0.25) is 0 Å². The van der Waals surface area contributed by atoms with E-state index < -0.39 is 0 Å². The first-order valence-electron chi connectivity index (χ1n) is 5.54. The van der Waals surface area contributed by atoms with Gasteiger partial charge in [0.05, 0.1) is 18.5 Å². The Labute approximate surface area is 100 Å². The van der Waals surface area contributed by atoms with Crippen LogP contribution in [-0.4, -0.2) is 12.6 Å². The molecule has 3 heteroatoms. The summed E-state index contributed by atoms with van der Waals surface area (Å²) in [7, 11) is 0. The Balaban J connectivity index is 2.16. The van der Waals surface area contributed by atoms with Crippen molar-refractivity contribution >= 4 is 10.8 Å². The van der Waals surface area contributed by atoms with Crippen molar-refractivity contribution in [2.24, 2.45) is 5.73 Å². The Hall–Kier alpha value is -2.05. The highest BCUT2D eigenvalue weighted by Crippen LogP contribution is 2.25. The number of nitrogens with zero attached hydrogens (tertiary/aromatic N) is 1. The molecule has 0 aliphatic carbocycles. The van der Waals surface area contributed by atoms with Crippen LogP contribution in [-0.2, 0) is 0 Å². The number of hydrogen-bond donors (Lipinski definition) is 1. The zero-order valence-electron chi connectivity index (χ0n) is 9.47. The molecule has 0 spiro atoms. The van der Waals surface area contributed by atoms with Gasteiger partial charge in [-0.05, 0) is 11.5 Å². The maximum Gasteiger partial charge on any atom is 0.127 e. The Bertz CT molecular complexity index is 540. The molecule has 86 valence electrons. The van der Waals surface area contributed by atoms with E-state index in [9.17, 15) is 0 Å². The number of nitriles is 1. The van der Waals surface area contributed by atoms with E-state index in [0.29, 0.717) is 13.0 Å². The quantitative estimate of drug-likeness (QED) is 0.871. The average molecular weight is 226 g/mol. The fourth-order valence-corrected chi connectivity index (χ4v) is 1.69. The van der Waals surface area contributed by atoms with E-state index in [4.69, 9.17) is 15.7 Å². The van der Waals surface area contributed by atoms with Crippen LogP contribution in [0.25, 0.3) is 10.8 Å². The van der Waals surface area contributed by atoms with Gasteiger partial charge in [-0.25, -0.2) is 0 Å². The molecular weight excluding hydrogens is 212 g/mol. The largest absolute Gasteiger partial charge is 0.491 e. The summed E-state index contributed by atoms with van der Waals surface area (Å²) in [5, 5.41) is 10.7. The Morgan fingerprint density at radius 2 is 1.94 bits per heavy atom. The van der Waals surface area contributed by atoms with Crippen molar-refractivity contribution < 1.29 is 4.74 Å². The van der Waals surface area contributed by atoms with Gasteiger partial charge in [0, 0.05) is 5.39 Å². The summed E-state index contributed by atoms with van der Waals surface area (Å²) in [5.41, 5.74) is 5.73. The number of fused-ring (bicyclic) bond motifs is 1. The molecule has 0 bridgehead atoms. The third-order valence-corrected chi connectivity index (χ3v) is 2.56. The first-order chi connectivity index (χ1) is 8.31. The average Bonchev–Trinajstić information content (AvgIpc) is 2.36. The number of nitrogens with two attached hydrogens (primary N) is 1. The topological polar surface area (TPSA) is 59.0 Å². The van der Waals surface area contributed by atoms with Gasteiger partial charge in [-0.1, -0.05) is 36.4 Å². The monoisotopic (exact) mass is 226 g/mol. The van der Waals surface area contributed by atoms with Crippen LogP contribution in [0, 0.1) is 11.3 Å². The molecule has 2 aromatic rings. The minimum atomic E-state index is -0.237. The lowest BCUT2D eigenvalue weighted by molar-refractivity contribution is 0.293. The standard InChI is InChI=1S/C14H14N2O/c15-9-8-12(16)10-17-14-7-3-5-11-4-1-2-6-13(11)14/h1-7,12H,8,10,16H2. The third-order valence-electron chi connectivity index (χ3n) is 2.56. The molecule has 2 N–H and O–H groups in total. The Morgan fingerprint density at radius 3 is 2.76 bits per heavy atom.